The van der Waals surface area contributed by atoms with Crippen molar-refractivity contribution in [1.82, 2.24) is 5.32 Å². The molecule has 0 saturated carbocycles. The second-order valence-electron chi connectivity index (χ2n) is 26.7. The number of aliphatic hydroxyl groups excluding tert-OH is 2. The lowest BCUT2D eigenvalue weighted by Crippen LogP contribution is -2.45. The molecule has 0 heterocycles. The average Bonchev–Trinajstić information content (AvgIpc) is 3.48. The number of carbonyl (C=O) groups is 2. The number of carbonyl (C=O) groups excluding carboxylic acids is 2. The molecule has 0 radical (unpaired) electrons. The van der Waals surface area contributed by atoms with E-state index < -0.39 is 12.1 Å². The van der Waals surface area contributed by atoms with Crippen LogP contribution in [0, 0.1) is 0 Å². The van der Waals surface area contributed by atoms with Crippen molar-refractivity contribution >= 4 is 11.9 Å². The van der Waals surface area contributed by atoms with Crippen molar-refractivity contribution < 1.29 is 24.5 Å². The van der Waals surface area contributed by atoms with E-state index in [9.17, 15) is 19.8 Å². The van der Waals surface area contributed by atoms with Crippen molar-refractivity contribution in [3.8, 4) is 0 Å². The number of rotatable bonds is 73. The molecule has 0 aliphatic carbocycles. The molecule has 0 aliphatic rings. The Morgan fingerprint density at radius 3 is 0.744 bits per heavy atom. The van der Waals surface area contributed by atoms with Crippen LogP contribution in [-0.4, -0.2) is 47.4 Å². The molecule has 2 atom stereocenters. The minimum absolute atomic E-state index is 0.0211. The molecule has 82 heavy (non-hydrogen) atoms. The Hall–Kier alpha value is -1.14. The van der Waals surface area contributed by atoms with Gasteiger partial charge in [-0.2, -0.15) is 0 Å². The molecule has 0 aromatic carbocycles. The highest BCUT2D eigenvalue weighted by atomic mass is 16.5. The van der Waals surface area contributed by atoms with Crippen LogP contribution in [0.3, 0.4) is 0 Å². The molecule has 0 saturated heterocycles. The number of ether oxygens (including phenoxy) is 1. The fourth-order valence-electron chi connectivity index (χ4n) is 12.6. The lowest BCUT2D eigenvalue weighted by molar-refractivity contribution is -0.143. The van der Waals surface area contributed by atoms with E-state index in [0.29, 0.717) is 25.9 Å². The average molecular weight is 1160 g/mol. The first-order valence-corrected chi connectivity index (χ1v) is 38.3. The van der Waals surface area contributed by atoms with E-state index in [2.05, 4.69) is 19.2 Å². The summed E-state index contributed by atoms with van der Waals surface area (Å²) in [5.74, 6) is -0.00703. The van der Waals surface area contributed by atoms with Gasteiger partial charge >= 0.3 is 5.97 Å². The van der Waals surface area contributed by atoms with Crippen LogP contribution in [0.15, 0.2) is 0 Å². The van der Waals surface area contributed by atoms with Gasteiger partial charge in [0.25, 0.3) is 0 Å². The van der Waals surface area contributed by atoms with Crippen molar-refractivity contribution in [2.24, 2.45) is 0 Å². The monoisotopic (exact) mass is 1160 g/mol. The summed E-state index contributed by atoms with van der Waals surface area (Å²) in [4.78, 5) is 24.7. The van der Waals surface area contributed by atoms with Gasteiger partial charge in [-0.1, -0.05) is 412 Å². The zero-order valence-corrected chi connectivity index (χ0v) is 56.3. The van der Waals surface area contributed by atoms with Crippen LogP contribution >= 0.6 is 0 Å². The highest BCUT2D eigenvalue weighted by molar-refractivity contribution is 5.76. The molecule has 490 valence electrons. The Morgan fingerprint density at radius 1 is 0.293 bits per heavy atom. The Morgan fingerprint density at radius 2 is 0.500 bits per heavy atom. The smallest absolute Gasteiger partial charge is 0.305 e. The summed E-state index contributed by atoms with van der Waals surface area (Å²) < 4.78 is 5.52. The van der Waals surface area contributed by atoms with E-state index >= 15 is 0 Å². The van der Waals surface area contributed by atoms with Crippen molar-refractivity contribution in [3.63, 3.8) is 0 Å². The molecule has 0 aromatic heterocycles. The molecule has 0 rings (SSSR count). The molecule has 2 unspecified atom stereocenters. The molecular weight excluding hydrogens is 1010 g/mol. The first kappa shape index (κ1) is 80.9. The van der Waals surface area contributed by atoms with Gasteiger partial charge in [0.15, 0.2) is 0 Å². The van der Waals surface area contributed by atoms with Gasteiger partial charge in [0.05, 0.1) is 25.4 Å². The van der Waals surface area contributed by atoms with Gasteiger partial charge in [-0.05, 0) is 25.7 Å². The number of hydrogen-bond donors (Lipinski definition) is 3. The molecule has 6 heteroatoms. The van der Waals surface area contributed by atoms with Gasteiger partial charge in [-0.15, -0.1) is 0 Å². The third kappa shape index (κ3) is 68.0. The predicted molar refractivity (Wildman–Crippen MR) is 361 cm³/mol. The fourth-order valence-corrected chi connectivity index (χ4v) is 12.6. The van der Waals surface area contributed by atoms with Crippen molar-refractivity contribution in [2.45, 2.75) is 463 Å². The van der Waals surface area contributed by atoms with Crippen LogP contribution in [0.25, 0.3) is 0 Å². The number of hydrogen-bond acceptors (Lipinski definition) is 5. The number of esters is 1. The number of nitrogens with one attached hydrogen (secondary N) is 1. The summed E-state index contributed by atoms with van der Waals surface area (Å²) in [6.07, 6.45) is 88.9. The molecule has 3 N–H and O–H groups in total. The van der Waals surface area contributed by atoms with Gasteiger partial charge < -0.3 is 20.3 Å². The fraction of sp³-hybridized carbons (Fsp3) is 0.974. The molecule has 0 spiro atoms. The van der Waals surface area contributed by atoms with Crippen LogP contribution in [0.1, 0.15) is 450 Å². The number of aliphatic hydroxyl groups is 2. The number of amides is 1. The van der Waals surface area contributed by atoms with E-state index in [0.717, 1.165) is 38.5 Å². The van der Waals surface area contributed by atoms with Crippen molar-refractivity contribution in [3.05, 3.63) is 0 Å². The Bertz CT molecular complexity index is 1200. The lowest BCUT2D eigenvalue weighted by Gasteiger charge is -2.22. The maximum absolute atomic E-state index is 12.6. The zero-order valence-electron chi connectivity index (χ0n) is 56.3. The molecule has 0 aromatic rings. The molecule has 0 bridgehead atoms. The van der Waals surface area contributed by atoms with Gasteiger partial charge in [0, 0.05) is 12.8 Å². The highest BCUT2D eigenvalue weighted by Crippen LogP contribution is 2.20. The van der Waals surface area contributed by atoms with E-state index in [-0.39, 0.29) is 18.5 Å². The third-order valence-corrected chi connectivity index (χ3v) is 18.4. The third-order valence-electron chi connectivity index (χ3n) is 18.4. The quantitative estimate of drug-likeness (QED) is 0.0417. The lowest BCUT2D eigenvalue weighted by atomic mass is 10.0. The molecule has 0 fully saturated rings. The normalized spacial score (nSPS) is 12.4. The van der Waals surface area contributed by atoms with Gasteiger partial charge in [0.1, 0.15) is 0 Å². The summed E-state index contributed by atoms with van der Waals surface area (Å²) in [5, 5.41) is 23.5. The highest BCUT2D eigenvalue weighted by Gasteiger charge is 2.20. The van der Waals surface area contributed by atoms with Crippen LogP contribution in [0.4, 0.5) is 0 Å². The minimum Gasteiger partial charge on any atom is -0.466 e. The van der Waals surface area contributed by atoms with Crippen molar-refractivity contribution in [1.29, 1.82) is 0 Å². The summed E-state index contributed by atoms with van der Waals surface area (Å²) in [7, 11) is 0. The van der Waals surface area contributed by atoms with E-state index in [1.807, 2.05) is 0 Å². The van der Waals surface area contributed by atoms with Gasteiger partial charge in [-0.3, -0.25) is 9.59 Å². The number of unbranched alkanes of at least 4 members (excludes halogenated alkanes) is 62. The Kier molecular flexibility index (Phi) is 71.3. The van der Waals surface area contributed by atoms with Crippen LogP contribution < -0.4 is 5.32 Å². The Labute approximate surface area is 515 Å². The van der Waals surface area contributed by atoms with Crippen LogP contribution in [0.2, 0.25) is 0 Å². The second-order valence-corrected chi connectivity index (χ2v) is 26.7. The van der Waals surface area contributed by atoms with Crippen molar-refractivity contribution in [2.75, 3.05) is 13.2 Å². The predicted octanol–water partition coefficient (Wildman–Crippen LogP) is 24.9. The van der Waals surface area contributed by atoms with E-state index in [1.165, 1.54) is 379 Å². The van der Waals surface area contributed by atoms with E-state index in [1.54, 1.807) is 0 Å². The minimum atomic E-state index is -0.664. The maximum Gasteiger partial charge on any atom is 0.305 e. The van der Waals surface area contributed by atoms with Crippen LogP contribution in [-0.2, 0) is 14.3 Å². The molecular formula is C76H151NO5. The van der Waals surface area contributed by atoms with E-state index in [4.69, 9.17) is 4.74 Å². The van der Waals surface area contributed by atoms with Crippen LogP contribution in [0.5, 0.6) is 0 Å². The molecule has 0 aliphatic heterocycles. The SMILES string of the molecule is CCCCCCCCCCCCCCCCCCCCCCCCCC(O)C(CO)NC(=O)CCCCCCCCCCCCCCCCCCCCCCCCCOC(=O)CCCCCCCCCCCCCCCCCCCCC. The summed E-state index contributed by atoms with van der Waals surface area (Å²) >= 11 is 0. The topological polar surface area (TPSA) is 95.9 Å². The largest absolute Gasteiger partial charge is 0.466 e. The summed E-state index contributed by atoms with van der Waals surface area (Å²) in [6, 6.07) is -0.541. The van der Waals surface area contributed by atoms with Gasteiger partial charge in [-0.25, -0.2) is 0 Å². The first-order valence-electron chi connectivity index (χ1n) is 38.3. The second kappa shape index (κ2) is 72.3. The Balaban J connectivity index is 3.34. The molecule has 1 amide bonds. The molecule has 6 nitrogen and oxygen atoms in total. The maximum atomic E-state index is 12.6. The summed E-state index contributed by atoms with van der Waals surface area (Å²) in [5.41, 5.74) is 0. The first-order chi connectivity index (χ1) is 40.5. The van der Waals surface area contributed by atoms with Gasteiger partial charge in [0.2, 0.25) is 5.91 Å². The zero-order chi connectivity index (χ0) is 59.2. The summed E-state index contributed by atoms with van der Waals surface area (Å²) in [6.45, 7) is 5.02. The standard InChI is InChI=1S/C76H151NO5/c1-3-5-7-9-11-13-15-17-19-21-23-24-26-29-33-36-40-44-48-52-56-60-64-68-74(79)73(72-78)77-75(80)69-65-61-57-53-49-45-41-37-34-30-27-25-28-31-35-39-43-47-51-55-59-63-67-71-82-76(81)70-66-62-58-54-50-46-42-38-32-22-20-18-16-14-12-10-8-6-4-2/h73-74,78-79H,3-72H2,1-2H3,(H,77,80).